The highest BCUT2D eigenvalue weighted by atomic mass is 19.3. The maximum Gasteiger partial charge on any atom is 0.274 e. The Morgan fingerprint density at radius 1 is 1.00 bits per heavy atom. The summed E-state index contributed by atoms with van der Waals surface area (Å²) in [6.45, 7) is 16.3. The molecule has 0 atom stereocenters. The van der Waals surface area contributed by atoms with Crippen LogP contribution in [0.15, 0.2) is 0 Å². The first-order valence-electron chi connectivity index (χ1n) is 8.23. The number of hydrogen-bond acceptors (Lipinski definition) is 1. The van der Waals surface area contributed by atoms with E-state index in [9.17, 15) is 8.78 Å². The van der Waals surface area contributed by atoms with Crippen LogP contribution in [0.2, 0.25) is 0 Å². The third-order valence-corrected chi connectivity index (χ3v) is 4.39. The Bertz CT molecular complexity index is 587. The van der Waals surface area contributed by atoms with Crippen LogP contribution in [0.3, 0.4) is 0 Å². The van der Waals surface area contributed by atoms with Crippen molar-refractivity contribution in [2.75, 3.05) is 0 Å². The SMILES string of the molecule is CC(C)c1nc(C(C)(C)C)c2c(c1C(C)(C)C)C(F)(F)CC2. The summed E-state index contributed by atoms with van der Waals surface area (Å²) in [5.41, 5.74) is 3.00. The van der Waals surface area contributed by atoms with E-state index >= 15 is 0 Å². The zero-order valence-corrected chi connectivity index (χ0v) is 15.2. The van der Waals surface area contributed by atoms with Gasteiger partial charge in [-0.1, -0.05) is 55.4 Å². The van der Waals surface area contributed by atoms with Crippen LogP contribution in [-0.2, 0) is 23.2 Å². The highest BCUT2D eigenvalue weighted by molar-refractivity contribution is 5.51. The van der Waals surface area contributed by atoms with Gasteiger partial charge < -0.3 is 0 Å². The topological polar surface area (TPSA) is 12.9 Å². The number of nitrogens with zero attached hydrogens (tertiary/aromatic N) is 1. The molecule has 2 rings (SSSR count). The molecule has 0 amide bonds. The maximum absolute atomic E-state index is 14.7. The van der Waals surface area contributed by atoms with E-state index in [1.165, 1.54) is 0 Å². The van der Waals surface area contributed by atoms with Crippen LogP contribution in [0, 0.1) is 0 Å². The van der Waals surface area contributed by atoms with E-state index in [0.29, 0.717) is 6.42 Å². The second-order valence-corrected chi connectivity index (χ2v) is 8.93. The van der Waals surface area contributed by atoms with E-state index < -0.39 is 5.92 Å². The van der Waals surface area contributed by atoms with E-state index in [0.717, 1.165) is 22.5 Å². The van der Waals surface area contributed by atoms with E-state index in [1.807, 2.05) is 34.6 Å². The molecule has 0 bridgehead atoms. The van der Waals surface area contributed by atoms with E-state index in [1.54, 1.807) is 0 Å². The van der Waals surface area contributed by atoms with Crippen molar-refractivity contribution in [3.8, 4) is 0 Å². The molecule has 22 heavy (non-hydrogen) atoms. The lowest BCUT2D eigenvalue weighted by Gasteiger charge is -2.32. The molecule has 124 valence electrons. The first-order valence-corrected chi connectivity index (χ1v) is 8.23. The third kappa shape index (κ3) is 2.79. The lowest BCUT2D eigenvalue weighted by atomic mass is 9.76. The molecule has 0 spiro atoms. The molecule has 1 heterocycles. The fourth-order valence-corrected chi connectivity index (χ4v) is 3.49. The van der Waals surface area contributed by atoms with Gasteiger partial charge in [0.25, 0.3) is 5.92 Å². The minimum atomic E-state index is -2.73. The van der Waals surface area contributed by atoms with Gasteiger partial charge in [-0.15, -0.1) is 0 Å². The number of fused-ring (bicyclic) bond motifs is 1. The van der Waals surface area contributed by atoms with Crippen LogP contribution in [0.5, 0.6) is 0 Å². The minimum Gasteiger partial charge on any atom is -0.256 e. The fraction of sp³-hybridized carbons (Fsp3) is 0.737. The third-order valence-electron chi connectivity index (χ3n) is 4.39. The fourth-order valence-electron chi connectivity index (χ4n) is 3.49. The van der Waals surface area contributed by atoms with Gasteiger partial charge in [0.2, 0.25) is 0 Å². The number of alkyl halides is 2. The summed E-state index contributed by atoms with van der Waals surface area (Å²) in [5.74, 6) is -2.60. The van der Waals surface area contributed by atoms with Gasteiger partial charge in [-0.3, -0.25) is 4.98 Å². The summed E-state index contributed by atoms with van der Waals surface area (Å²) >= 11 is 0. The summed E-state index contributed by atoms with van der Waals surface area (Å²) < 4.78 is 29.4. The number of hydrogen-bond donors (Lipinski definition) is 0. The van der Waals surface area contributed by atoms with Gasteiger partial charge in [0.05, 0.1) is 0 Å². The molecule has 0 saturated heterocycles. The zero-order chi connectivity index (χ0) is 17.1. The molecule has 1 aliphatic rings. The monoisotopic (exact) mass is 309 g/mol. The van der Waals surface area contributed by atoms with Crippen molar-refractivity contribution in [3.05, 3.63) is 28.1 Å². The summed E-state index contributed by atoms with van der Waals surface area (Å²) in [6.07, 6.45) is 0.348. The largest absolute Gasteiger partial charge is 0.274 e. The highest BCUT2D eigenvalue weighted by Gasteiger charge is 2.47. The minimum absolute atomic E-state index is 0.0856. The Balaban J connectivity index is 2.95. The number of rotatable bonds is 1. The van der Waals surface area contributed by atoms with Crippen LogP contribution in [0.4, 0.5) is 8.78 Å². The average Bonchev–Trinajstić information content (AvgIpc) is 2.61. The Morgan fingerprint density at radius 2 is 1.55 bits per heavy atom. The molecule has 0 N–H and O–H groups in total. The van der Waals surface area contributed by atoms with Crippen molar-refractivity contribution < 1.29 is 8.78 Å². The van der Waals surface area contributed by atoms with Crippen LogP contribution >= 0.6 is 0 Å². The van der Waals surface area contributed by atoms with Gasteiger partial charge in [0.15, 0.2) is 0 Å². The van der Waals surface area contributed by atoms with Crippen LogP contribution < -0.4 is 0 Å². The zero-order valence-electron chi connectivity index (χ0n) is 15.2. The molecule has 1 aromatic rings. The molecule has 0 aromatic carbocycles. The lowest BCUT2D eigenvalue weighted by molar-refractivity contribution is -0.00354. The van der Waals surface area contributed by atoms with Crippen LogP contribution in [0.25, 0.3) is 0 Å². The number of pyridine rings is 1. The molecular weight excluding hydrogens is 280 g/mol. The van der Waals surface area contributed by atoms with Gasteiger partial charge in [-0.05, 0) is 28.9 Å². The van der Waals surface area contributed by atoms with E-state index in [4.69, 9.17) is 4.98 Å². The molecule has 1 nitrogen and oxygen atoms in total. The van der Waals surface area contributed by atoms with E-state index in [-0.39, 0.29) is 28.7 Å². The van der Waals surface area contributed by atoms with Crippen molar-refractivity contribution in [3.63, 3.8) is 0 Å². The van der Waals surface area contributed by atoms with Gasteiger partial charge in [0.1, 0.15) is 0 Å². The Hall–Kier alpha value is -0.990. The molecule has 0 radical (unpaired) electrons. The summed E-state index contributed by atoms with van der Waals surface area (Å²) in [4.78, 5) is 4.91. The molecule has 0 saturated carbocycles. The standard InChI is InChI=1S/C19H29F2N/c1-11(2)15-14(17(3,4)5)13-12(9-10-19(13,20)21)16(22-15)18(6,7)8/h11H,9-10H2,1-8H3. The van der Waals surface area contributed by atoms with Gasteiger partial charge in [0, 0.05) is 28.8 Å². The van der Waals surface area contributed by atoms with Crippen LogP contribution in [-0.4, -0.2) is 4.98 Å². The Kier molecular flexibility index (Phi) is 3.95. The van der Waals surface area contributed by atoms with Crippen molar-refractivity contribution in [1.82, 2.24) is 4.98 Å². The highest BCUT2D eigenvalue weighted by Crippen LogP contribution is 2.50. The first-order chi connectivity index (χ1) is 9.77. The summed E-state index contributed by atoms with van der Waals surface area (Å²) in [5, 5.41) is 0. The molecule has 3 heteroatoms. The quantitative estimate of drug-likeness (QED) is 0.635. The summed E-state index contributed by atoms with van der Waals surface area (Å²) in [7, 11) is 0. The van der Waals surface area contributed by atoms with E-state index in [2.05, 4.69) is 20.8 Å². The molecular formula is C19H29F2N. The molecule has 0 unspecified atom stereocenters. The molecule has 1 aliphatic carbocycles. The van der Waals surface area contributed by atoms with Gasteiger partial charge in [-0.2, -0.15) is 0 Å². The number of halogens is 2. The predicted molar refractivity (Wildman–Crippen MR) is 87.9 cm³/mol. The van der Waals surface area contributed by atoms with Crippen molar-refractivity contribution >= 4 is 0 Å². The Labute approximate surface area is 133 Å². The smallest absolute Gasteiger partial charge is 0.256 e. The number of aromatic nitrogens is 1. The predicted octanol–water partition coefficient (Wildman–Crippen LogP) is 5.84. The lowest BCUT2D eigenvalue weighted by Crippen LogP contribution is -2.27. The van der Waals surface area contributed by atoms with Crippen molar-refractivity contribution in [1.29, 1.82) is 0 Å². The van der Waals surface area contributed by atoms with Gasteiger partial charge in [-0.25, -0.2) is 8.78 Å². The maximum atomic E-state index is 14.7. The normalized spacial score (nSPS) is 18.0. The molecule has 0 aliphatic heterocycles. The summed E-state index contributed by atoms with van der Waals surface area (Å²) in [6, 6.07) is 0. The average molecular weight is 309 g/mol. The molecule has 1 aromatic heterocycles. The van der Waals surface area contributed by atoms with Crippen molar-refractivity contribution in [2.24, 2.45) is 0 Å². The van der Waals surface area contributed by atoms with Gasteiger partial charge >= 0.3 is 0 Å². The first kappa shape index (κ1) is 17.4. The Morgan fingerprint density at radius 3 is 1.95 bits per heavy atom. The van der Waals surface area contributed by atoms with Crippen molar-refractivity contribution in [2.45, 2.75) is 90.9 Å². The van der Waals surface area contributed by atoms with Crippen LogP contribution in [0.1, 0.15) is 95.8 Å². The second kappa shape index (κ2) is 5.01. The molecule has 0 fully saturated rings. The second-order valence-electron chi connectivity index (χ2n) is 8.93.